The first kappa shape index (κ1) is 21.2. The van der Waals surface area contributed by atoms with E-state index in [0.29, 0.717) is 29.9 Å². The Morgan fingerprint density at radius 3 is 2.76 bits per heavy atom. The number of nitrogens with zero attached hydrogens (tertiary/aromatic N) is 3. The number of fused-ring (bicyclic) bond motifs is 1. The van der Waals surface area contributed by atoms with E-state index in [1.165, 1.54) is 6.07 Å². The number of carbonyl (C=O) groups excluding carboxylic acids is 1. The number of pyridine rings is 1. The van der Waals surface area contributed by atoms with Gasteiger partial charge in [-0.05, 0) is 55.3 Å². The van der Waals surface area contributed by atoms with E-state index < -0.39 is 11.7 Å². The Labute approximate surface area is 188 Å². The number of H-pyrrole nitrogens is 1. The minimum absolute atomic E-state index is 0.0179. The summed E-state index contributed by atoms with van der Waals surface area (Å²) in [5, 5.41) is 0. The number of halogens is 3. The lowest BCUT2D eigenvalue weighted by Gasteiger charge is -2.32. The van der Waals surface area contributed by atoms with Crippen LogP contribution in [0.1, 0.15) is 40.4 Å². The highest BCUT2D eigenvalue weighted by molar-refractivity contribution is 5.97. The number of imidazole rings is 1. The summed E-state index contributed by atoms with van der Waals surface area (Å²) in [6.45, 7) is 1.17. The predicted molar refractivity (Wildman–Crippen MR) is 119 cm³/mol. The summed E-state index contributed by atoms with van der Waals surface area (Å²) < 4.78 is 39.4. The van der Waals surface area contributed by atoms with Crippen molar-refractivity contribution in [1.29, 1.82) is 0 Å². The maximum atomic E-state index is 13.1. The summed E-state index contributed by atoms with van der Waals surface area (Å²) in [5.41, 5.74) is 3.21. The van der Waals surface area contributed by atoms with Gasteiger partial charge in [0.05, 0.1) is 28.6 Å². The molecule has 8 heteroatoms. The Hall–Kier alpha value is -3.68. The SMILES string of the molecule is O=C(c1ccc2nc[nH]c2c1)N1CCC[C@H](c2cccc(-c3cccc(C(F)(F)F)c3)n2)C1. The number of benzene rings is 2. The number of rotatable bonds is 3. The van der Waals surface area contributed by atoms with Crippen molar-refractivity contribution >= 4 is 16.9 Å². The van der Waals surface area contributed by atoms with Crippen LogP contribution in [0.4, 0.5) is 13.2 Å². The lowest BCUT2D eigenvalue weighted by molar-refractivity contribution is -0.137. The molecule has 0 radical (unpaired) electrons. The van der Waals surface area contributed by atoms with Crippen LogP contribution in [0.2, 0.25) is 0 Å². The molecule has 0 bridgehead atoms. The molecule has 1 saturated heterocycles. The molecule has 1 amide bonds. The smallest absolute Gasteiger partial charge is 0.345 e. The molecule has 4 aromatic rings. The topological polar surface area (TPSA) is 61.9 Å². The Balaban J connectivity index is 1.37. The second kappa shape index (κ2) is 8.35. The van der Waals surface area contributed by atoms with Gasteiger partial charge >= 0.3 is 6.18 Å². The first-order valence-electron chi connectivity index (χ1n) is 10.8. The molecule has 0 spiro atoms. The molecule has 33 heavy (non-hydrogen) atoms. The third-order valence-corrected chi connectivity index (χ3v) is 6.05. The number of amides is 1. The Morgan fingerprint density at radius 2 is 1.91 bits per heavy atom. The lowest BCUT2D eigenvalue weighted by atomic mass is 9.93. The van der Waals surface area contributed by atoms with Gasteiger partial charge in [0.2, 0.25) is 0 Å². The zero-order chi connectivity index (χ0) is 23.0. The van der Waals surface area contributed by atoms with E-state index in [2.05, 4.69) is 15.0 Å². The van der Waals surface area contributed by atoms with Crippen molar-refractivity contribution in [2.24, 2.45) is 0 Å². The normalized spacial score (nSPS) is 16.8. The maximum absolute atomic E-state index is 13.1. The van der Waals surface area contributed by atoms with E-state index in [-0.39, 0.29) is 11.8 Å². The molecule has 1 N–H and O–H groups in total. The van der Waals surface area contributed by atoms with Gasteiger partial charge in [0.15, 0.2) is 0 Å². The van der Waals surface area contributed by atoms with Crippen molar-refractivity contribution in [3.05, 3.63) is 83.8 Å². The zero-order valence-corrected chi connectivity index (χ0v) is 17.6. The zero-order valence-electron chi connectivity index (χ0n) is 17.6. The molecule has 1 atom stereocenters. The monoisotopic (exact) mass is 450 g/mol. The molecule has 1 aliphatic rings. The summed E-state index contributed by atoms with van der Waals surface area (Å²) in [6, 6.07) is 16.0. The van der Waals surface area contributed by atoms with Gasteiger partial charge in [0.1, 0.15) is 0 Å². The highest BCUT2D eigenvalue weighted by atomic mass is 19.4. The Bertz CT molecular complexity index is 1310. The third-order valence-electron chi connectivity index (χ3n) is 6.05. The molecule has 5 nitrogen and oxygen atoms in total. The van der Waals surface area contributed by atoms with Crippen molar-refractivity contribution in [2.75, 3.05) is 13.1 Å². The van der Waals surface area contributed by atoms with Crippen molar-refractivity contribution < 1.29 is 18.0 Å². The predicted octanol–water partition coefficient (Wildman–Crippen LogP) is 5.66. The van der Waals surface area contributed by atoms with Crippen LogP contribution in [0.25, 0.3) is 22.3 Å². The number of aromatic nitrogens is 3. The first-order chi connectivity index (χ1) is 15.9. The summed E-state index contributed by atoms with van der Waals surface area (Å²) in [5.74, 6) is -0.0328. The standard InChI is InChI=1S/C25H21F3N4O/c26-25(27,28)19-6-1-4-16(12-19)20-7-2-8-21(31-20)18-5-3-11-32(14-18)24(33)17-9-10-22-23(13-17)30-15-29-22/h1-2,4,6-10,12-13,15,18H,3,5,11,14H2,(H,29,30)/t18-/m0/s1. The Kier molecular flexibility index (Phi) is 5.36. The maximum Gasteiger partial charge on any atom is 0.416 e. The third kappa shape index (κ3) is 4.33. The van der Waals surface area contributed by atoms with Crippen LogP contribution >= 0.6 is 0 Å². The van der Waals surface area contributed by atoms with E-state index in [4.69, 9.17) is 0 Å². The molecule has 2 aromatic carbocycles. The molecule has 1 aliphatic heterocycles. The van der Waals surface area contributed by atoms with Crippen molar-refractivity contribution in [1.82, 2.24) is 19.9 Å². The average Bonchev–Trinajstić information content (AvgIpc) is 3.31. The molecule has 5 rings (SSSR count). The van der Waals surface area contributed by atoms with Crippen molar-refractivity contribution in [2.45, 2.75) is 24.9 Å². The van der Waals surface area contributed by atoms with Gasteiger partial charge < -0.3 is 9.88 Å². The van der Waals surface area contributed by atoms with Crippen LogP contribution in [0.3, 0.4) is 0 Å². The number of hydrogen-bond acceptors (Lipinski definition) is 3. The largest absolute Gasteiger partial charge is 0.416 e. The number of carbonyl (C=O) groups is 1. The fourth-order valence-corrected chi connectivity index (χ4v) is 4.35. The molecule has 0 aliphatic carbocycles. The quantitative estimate of drug-likeness (QED) is 0.438. The summed E-state index contributed by atoms with van der Waals surface area (Å²) in [7, 11) is 0. The van der Waals surface area contributed by atoms with Gasteiger partial charge in [0.25, 0.3) is 5.91 Å². The Morgan fingerprint density at radius 1 is 1.06 bits per heavy atom. The number of alkyl halides is 3. The molecular weight excluding hydrogens is 429 g/mol. The van der Waals surface area contributed by atoms with Gasteiger partial charge in [-0.25, -0.2) is 4.98 Å². The molecule has 3 heterocycles. The van der Waals surface area contributed by atoms with Crippen LogP contribution in [0, 0.1) is 0 Å². The number of likely N-dealkylation sites (tertiary alicyclic amines) is 1. The van der Waals surface area contributed by atoms with Gasteiger partial charge in [-0.3, -0.25) is 9.78 Å². The second-order valence-corrected chi connectivity index (χ2v) is 8.25. The van der Waals surface area contributed by atoms with Crippen molar-refractivity contribution in [3.63, 3.8) is 0 Å². The summed E-state index contributed by atoms with van der Waals surface area (Å²) >= 11 is 0. The van der Waals surface area contributed by atoms with Gasteiger partial charge in [-0.1, -0.05) is 18.2 Å². The first-order valence-corrected chi connectivity index (χ1v) is 10.8. The number of nitrogens with one attached hydrogen (secondary N) is 1. The van der Waals surface area contributed by atoms with Crippen LogP contribution < -0.4 is 0 Å². The van der Waals surface area contributed by atoms with Gasteiger partial charge in [-0.15, -0.1) is 0 Å². The fourth-order valence-electron chi connectivity index (χ4n) is 4.35. The van der Waals surface area contributed by atoms with E-state index in [1.54, 1.807) is 30.6 Å². The average molecular weight is 450 g/mol. The molecule has 0 saturated carbocycles. The fraction of sp³-hybridized carbons (Fsp3) is 0.240. The van der Waals surface area contributed by atoms with Crippen LogP contribution in [-0.4, -0.2) is 38.8 Å². The highest BCUT2D eigenvalue weighted by Crippen LogP contribution is 2.33. The van der Waals surface area contributed by atoms with Crippen LogP contribution in [-0.2, 0) is 6.18 Å². The summed E-state index contributed by atoms with van der Waals surface area (Å²) in [4.78, 5) is 26.8. The number of piperidine rings is 1. The second-order valence-electron chi connectivity index (χ2n) is 8.25. The molecule has 1 fully saturated rings. The van der Waals surface area contributed by atoms with E-state index >= 15 is 0 Å². The number of aromatic amines is 1. The van der Waals surface area contributed by atoms with Crippen molar-refractivity contribution in [3.8, 4) is 11.3 Å². The molecule has 168 valence electrons. The van der Waals surface area contributed by atoms with E-state index in [1.807, 2.05) is 23.1 Å². The van der Waals surface area contributed by atoms with E-state index in [0.717, 1.165) is 41.7 Å². The highest BCUT2D eigenvalue weighted by Gasteiger charge is 2.31. The summed E-state index contributed by atoms with van der Waals surface area (Å²) in [6.07, 6.45) is -1.11. The minimum Gasteiger partial charge on any atom is -0.345 e. The molecule has 2 aromatic heterocycles. The van der Waals surface area contributed by atoms with E-state index in [9.17, 15) is 18.0 Å². The molecular formula is C25H21F3N4O. The van der Waals surface area contributed by atoms with Gasteiger partial charge in [-0.2, -0.15) is 13.2 Å². The van der Waals surface area contributed by atoms with Crippen LogP contribution in [0.5, 0.6) is 0 Å². The number of hydrogen-bond donors (Lipinski definition) is 1. The van der Waals surface area contributed by atoms with Gasteiger partial charge in [0, 0.05) is 35.8 Å². The minimum atomic E-state index is -4.41. The molecule has 0 unspecified atom stereocenters. The lowest BCUT2D eigenvalue weighted by Crippen LogP contribution is -2.39. The van der Waals surface area contributed by atoms with Crippen LogP contribution in [0.15, 0.2) is 67.0 Å².